The number of carboxylic acids is 1. The van der Waals surface area contributed by atoms with Crippen molar-refractivity contribution in [2.45, 2.75) is 0 Å². The van der Waals surface area contributed by atoms with E-state index in [1.807, 2.05) is 18.2 Å². The number of carboxylic acid groups (broad SMARTS) is 1. The molecule has 0 aliphatic rings. The summed E-state index contributed by atoms with van der Waals surface area (Å²) in [6.45, 7) is 0. The minimum Gasteiger partial charge on any atom is -0.477 e. The Balaban J connectivity index is 1.78. The number of benzene rings is 1. The van der Waals surface area contributed by atoms with Gasteiger partial charge in [-0.1, -0.05) is 18.2 Å². The minimum atomic E-state index is -1.07. The normalized spacial score (nSPS) is 10.3. The van der Waals surface area contributed by atoms with Gasteiger partial charge in [-0.3, -0.25) is 5.10 Å². The molecule has 2 aromatic heterocycles. The average molecular weight is 282 g/mol. The Morgan fingerprint density at radius 2 is 1.86 bits per heavy atom. The van der Waals surface area contributed by atoms with Crippen LogP contribution in [0.3, 0.4) is 0 Å². The highest BCUT2D eigenvalue weighted by Crippen LogP contribution is 2.20. The van der Waals surface area contributed by atoms with Gasteiger partial charge in [-0.25, -0.2) is 14.8 Å². The summed E-state index contributed by atoms with van der Waals surface area (Å²) in [7, 11) is 0. The summed E-state index contributed by atoms with van der Waals surface area (Å²) in [5.41, 5.74) is 1.06. The highest BCUT2D eigenvalue weighted by molar-refractivity contribution is 5.86. The van der Waals surface area contributed by atoms with Crippen molar-refractivity contribution in [2.75, 3.05) is 0 Å². The lowest BCUT2D eigenvalue weighted by molar-refractivity contribution is 0.0690. The molecule has 3 aromatic rings. The van der Waals surface area contributed by atoms with E-state index in [9.17, 15) is 4.79 Å². The molecule has 0 saturated heterocycles. The van der Waals surface area contributed by atoms with E-state index >= 15 is 0 Å². The Labute approximate surface area is 119 Å². The highest BCUT2D eigenvalue weighted by Gasteiger charge is 2.10. The lowest BCUT2D eigenvalue weighted by Crippen LogP contribution is -1.95. The summed E-state index contributed by atoms with van der Waals surface area (Å²) in [4.78, 5) is 18.9. The van der Waals surface area contributed by atoms with Crippen LogP contribution in [0, 0.1) is 0 Å². The lowest BCUT2D eigenvalue weighted by atomic mass is 10.2. The summed E-state index contributed by atoms with van der Waals surface area (Å²) in [5.74, 6) is -0.433. The lowest BCUT2D eigenvalue weighted by Gasteiger charge is -2.03. The van der Waals surface area contributed by atoms with Crippen molar-refractivity contribution in [3.63, 3.8) is 0 Å². The van der Waals surface area contributed by atoms with Crippen molar-refractivity contribution in [1.29, 1.82) is 0 Å². The van der Waals surface area contributed by atoms with Gasteiger partial charge >= 0.3 is 12.0 Å². The fraction of sp³-hybridized carbons (Fsp3) is 0. The molecule has 0 amide bonds. The molecular weight excluding hydrogens is 272 g/mol. The number of rotatable bonds is 4. The van der Waals surface area contributed by atoms with Crippen molar-refractivity contribution in [2.24, 2.45) is 0 Å². The maximum Gasteiger partial charge on any atom is 0.353 e. The number of H-pyrrole nitrogens is 1. The maximum absolute atomic E-state index is 10.8. The van der Waals surface area contributed by atoms with Crippen LogP contribution in [0.1, 0.15) is 10.5 Å². The van der Waals surface area contributed by atoms with Gasteiger partial charge in [0.2, 0.25) is 0 Å². The number of nitrogens with one attached hydrogen (secondary N) is 1. The van der Waals surface area contributed by atoms with Gasteiger partial charge in [0.25, 0.3) is 0 Å². The molecule has 0 saturated carbocycles. The topological polar surface area (TPSA) is 101 Å². The molecular formula is C14H10N4O3. The van der Waals surface area contributed by atoms with Gasteiger partial charge in [0.15, 0.2) is 0 Å². The second-order valence-corrected chi connectivity index (χ2v) is 4.14. The Bertz CT molecular complexity index is 753. The summed E-state index contributed by atoms with van der Waals surface area (Å²) in [6.07, 6.45) is 3.04. The largest absolute Gasteiger partial charge is 0.477 e. The van der Waals surface area contributed by atoms with E-state index in [4.69, 9.17) is 9.84 Å². The molecule has 7 heteroatoms. The summed E-state index contributed by atoms with van der Waals surface area (Å²) in [6, 6.07) is 10.8. The Hall–Kier alpha value is -3.22. The van der Waals surface area contributed by atoms with E-state index in [1.165, 1.54) is 18.5 Å². The SMILES string of the molecule is O=C(O)c1cc(-c2cnc(Oc3ccccc3)nc2)n[nH]1. The van der Waals surface area contributed by atoms with Gasteiger partial charge in [-0.05, 0) is 18.2 Å². The molecule has 0 atom stereocenters. The predicted molar refractivity (Wildman–Crippen MR) is 73.1 cm³/mol. The zero-order chi connectivity index (χ0) is 14.7. The first-order chi connectivity index (χ1) is 10.2. The second kappa shape index (κ2) is 5.41. The molecule has 1 aromatic carbocycles. The van der Waals surface area contributed by atoms with Gasteiger partial charge in [0, 0.05) is 18.0 Å². The quantitative estimate of drug-likeness (QED) is 0.761. The number of hydrogen-bond donors (Lipinski definition) is 2. The van der Waals surface area contributed by atoms with Crippen LogP contribution in [0.15, 0.2) is 48.8 Å². The smallest absolute Gasteiger partial charge is 0.353 e. The minimum absolute atomic E-state index is 0.00890. The molecule has 0 fully saturated rings. The van der Waals surface area contributed by atoms with E-state index in [0.717, 1.165) is 0 Å². The van der Waals surface area contributed by atoms with Crippen LogP contribution < -0.4 is 4.74 Å². The zero-order valence-corrected chi connectivity index (χ0v) is 10.7. The number of aromatic nitrogens is 4. The molecule has 2 heterocycles. The Kier molecular flexibility index (Phi) is 3.30. The number of aromatic amines is 1. The van der Waals surface area contributed by atoms with Crippen LogP contribution in [0.4, 0.5) is 0 Å². The molecule has 7 nitrogen and oxygen atoms in total. The first-order valence-corrected chi connectivity index (χ1v) is 6.06. The van der Waals surface area contributed by atoms with Gasteiger partial charge in [-0.2, -0.15) is 5.10 Å². The van der Waals surface area contributed by atoms with Gasteiger partial charge < -0.3 is 9.84 Å². The molecule has 21 heavy (non-hydrogen) atoms. The molecule has 104 valence electrons. The third kappa shape index (κ3) is 2.86. The highest BCUT2D eigenvalue weighted by atomic mass is 16.5. The fourth-order valence-corrected chi connectivity index (χ4v) is 1.67. The monoisotopic (exact) mass is 282 g/mol. The molecule has 3 rings (SSSR count). The van der Waals surface area contributed by atoms with Crippen LogP contribution in [-0.2, 0) is 0 Å². The van der Waals surface area contributed by atoms with Gasteiger partial charge in [0.05, 0.1) is 5.69 Å². The van der Waals surface area contributed by atoms with Crippen molar-refractivity contribution >= 4 is 5.97 Å². The van der Waals surface area contributed by atoms with Gasteiger partial charge in [0.1, 0.15) is 11.4 Å². The van der Waals surface area contributed by atoms with Crippen molar-refractivity contribution in [3.8, 4) is 23.0 Å². The van der Waals surface area contributed by atoms with E-state index in [-0.39, 0.29) is 11.7 Å². The number of nitrogens with zero attached hydrogens (tertiary/aromatic N) is 3. The number of para-hydroxylation sites is 1. The van der Waals surface area contributed by atoms with Crippen molar-refractivity contribution < 1.29 is 14.6 Å². The molecule has 0 aliphatic heterocycles. The van der Waals surface area contributed by atoms with E-state index in [0.29, 0.717) is 17.0 Å². The number of carbonyl (C=O) groups is 1. The van der Waals surface area contributed by atoms with Gasteiger partial charge in [-0.15, -0.1) is 0 Å². The van der Waals surface area contributed by atoms with E-state index in [1.54, 1.807) is 12.1 Å². The standard InChI is InChI=1S/C14H10N4O3/c19-13(20)12-6-11(17-18-12)9-7-15-14(16-8-9)21-10-4-2-1-3-5-10/h1-8H,(H,17,18)(H,19,20). The first-order valence-electron chi connectivity index (χ1n) is 6.06. The van der Waals surface area contributed by atoms with Crippen LogP contribution in [0.5, 0.6) is 11.8 Å². The second-order valence-electron chi connectivity index (χ2n) is 4.14. The average Bonchev–Trinajstić information content (AvgIpc) is 2.99. The third-order valence-electron chi connectivity index (χ3n) is 2.68. The summed E-state index contributed by atoms with van der Waals surface area (Å²) >= 11 is 0. The Morgan fingerprint density at radius 1 is 1.14 bits per heavy atom. The van der Waals surface area contributed by atoms with E-state index < -0.39 is 5.97 Å². The molecule has 0 bridgehead atoms. The molecule has 0 aliphatic carbocycles. The number of ether oxygens (including phenoxy) is 1. The zero-order valence-electron chi connectivity index (χ0n) is 10.7. The molecule has 0 spiro atoms. The first kappa shape index (κ1) is 12.8. The number of aromatic carboxylic acids is 1. The molecule has 2 N–H and O–H groups in total. The van der Waals surface area contributed by atoms with E-state index in [2.05, 4.69) is 20.2 Å². The van der Waals surface area contributed by atoms with Crippen LogP contribution in [0.2, 0.25) is 0 Å². The summed E-state index contributed by atoms with van der Waals surface area (Å²) < 4.78 is 5.47. The predicted octanol–water partition coefficient (Wildman–Crippen LogP) is 2.36. The molecule has 0 radical (unpaired) electrons. The third-order valence-corrected chi connectivity index (χ3v) is 2.68. The number of hydrogen-bond acceptors (Lipinski definition) is 5. The van der Waals surface area contributed by atoms with Crippen LogP contribution in [-0.4, -0.2) is 31.2 Å². The van der Waals surface area contributed by atoms with Crippen molar-refractivity contribution in [3.05, 3.63) is 54.5 Å². The maximum atomic E-state index is 10.8. The molecule has 0 unspecified atom stereocenters. The van der Waals surface area contributed by atoms with Crippen molar-refractivity contribution in [1.82, 2.24) is 20.2 Å². The summed E-state index contributed by atoms with van der Waals surface area (Å²) in [5, 5.41) is 15.1. The van der Waals surface area contributed by atoms with Crippen LogP contribution >= 0.6 is 0 Å². The fourth-order valence-electron chi connectivity index (χ4n) is 1.67. The Morgan fingerprint density at radius 3 is 2.48 bits per heavy atom. The van der Waals surface area contributed by atoms with Crippen LogP contribution in [0.25, 0.3) is 11.3 Å².